The predicted octanol–water partition coefficient (Wildman–Crippen LogP) is 5.61. The number of nitrogens with one attached hydrogen (secondary N) is 1. The molecule has 3 unspecified atom stereocenters. The van der Waals surface area contributed by atoms with Crippen LogP contribution in [-0.2, 0) is 0 Å². The molecule has 0 radical (unpaired) electrons. The molecule has 3 saturated heterocycles. The molecule has 3 fully saturated rings. The summed E-state index contributed by atoms with van der Waals surface area (Å²) in [4.78, 5) is 12.8. The first-order chi connectivity index (χ1) is 19.6. The maximum atomic E-state index is 16.6. The topological polar surface area (TPSA) is 73.8 Å². The van der Waals surface area contributed by atoms with Crippen molar-refractivity contribution < 1.29 is 23.0 Å². The molecule has 0 spiro atoms. The van der Waals surface area contributed by atoms with E-state index in [9.17, 15) is 13.9 Å². The highest BCUT2D eigenvalue weighted by Gasteiger charge is 2.43. The smallest absolute Gasteiger partial charge is 0.319 e. The molecule has 3 aliphatic heterocycles. The quantitative estimate of drug-likeness (QED) is 0.316. The SMILES string of the molecule is CN1CC(F)(F)CC1COc1nc(N2CC3CCC(C2)N3)c2cc(Cl)c(-c3cc(O)cc4ccccc34)c(F)c2n1. The zero-order valence-electron chi connectivity index (χ0n) is 22.4. The van der Waals surface area contributed by atoms with Gasteiger partial charge in [0.25, 0.3) is 5.92 Å². The summed E-state index contributed by atoms with van der Waals surface area (Å²) < 4.78 is 50.5. The van der Waals surface area contributed by atoms with Crippen LogP contribution < -0.4 is 15.0 Å². The van der Waals surface area contributed by atoms with Crippen molar-refractivity contribution in [2.24, 2.45) is 0 Å². The van der Waals surface area contributed by atoms with Gasteiger partial charge in [-0.3, -0.25) is 4.90 Å². The molecule has 3 atom stereocenters. The van der Waals surface area contributed by atoms with Crippen LogP contribution in [0.15, 0.2) is 42.5 Å². The second-order valence-corrected chi connectivity index (χ2v) is 11.9. The number of phenols is 1. The van der Waals surface area contributed by atoms with Crippen LogP contribution >= 0.6 is 11.6 Å². The number of fused-ring (bicyclic) bond motifs is 4. The summed E-state index contributed by atoms with van der Waals surface area (Å²) >= 11 is 6.79. The van der Waals surface area contributed by atoms with E-state index in [2.05, 4.69) is 20.2 Å². The summed E-state index contributed by atoms with van der Waals surface area (Å²) in [5.41, 5.74) is 0.563. The zero-order valence-corrected chi connectivity index (χ0v) is 23.1. The Morgan fingerprint density at radius 1 is 1.10 bits per heavy atom. The van der Waals surface area contributed by atoms with Crippen molar-refractivity contribution in [2.45, 2.75) is 43.3 Å². The fraction of sp³-hybridized carbons (Fsp3) is 0.400. The first-order valence-corrected chi connectivity index (χ1v) is 14.2. The van der Waals surface area contributed by atoms with E-state index in [0.29, 0.717) is 29.9 Å². The molecule has 1 aromatic heterocycles. The molecule has 3 aromatic carbocycles. The number of alkyl halides is 2. The third kappa shape index (κ3) is 4.81. The molecule has 11 heteroatoms. The second-order valence-electron chi connectivity index (χ2n) is 11.5. The van der Waals surface area contributed by atoms with Crippen molar-refractivity contribution in [1.82, 2.24) is 20.2 Å². The molecule has 0 aliphatic carbocycles. The number of anilines is 1. The van der Waals surface area contributed by atoms with Gasteiger partial charge >= 0.3 is 6.01 Å². The van der Waals surface area contributed by atoms with Crippen molar-refractivity contribution >= 4 is 39.1 Å². The van der Waals surface area contributed by atoms with E-state index in [4.69, 9.17) is 16.3 Å². The minimum Gasteiger partial charge on any atom is -0.508 e. The highest BCUT2D eigenvalue weighted by Crippen LogP contribution is 2.43. The van der Waals surface area contributed by atoms with Crippen LogP contribution in [-0.4, -0.2) is 77.3 Å². The van der Waals surface area contributed by atoms with Crippen LogP contribution in [0.2, 0.25) is 5.02 Å². The van der Waals surface area contributed by atoms with Crippen LogP contribution in [0.5, 0.6) is 11.8 Å². The molecule has 2 N–H and O–H groups in total. The summed E-state index contributed by atoms with van der Waals surface area (Å²) in [6, 6.07) is 12.1. The van der Waals surface area contributed by atoms with Crippen LogP contribution in [0.3, 0.4) is 0 Å². The lowest BCUT2D eigenvalue weighted by atomic mass is 9.96. The Morgan fingerprint density at radius 2 is 1.85 bits per heavy atom. The summed E-state index contributed by atoms with van der Waals surface area (Å²) in [6.45, 7) is 0.960. The molecule has 7 nitrogen and oxygen atoms in total. The number of nitrogens with zero attached hydrogens (tertiary/aromatic N) is 4. The van der Waals surface area contributed by atoms with Gasteiger partial charge in [0.1, 0.15) is 23.7 Å². The molecular weight excluding hydrogens is 555 g/mol. The first-order valence-electron chi connectivity index (χ1n) is 13.8. The minimum absolute atomic E-state index is 0.0181. The number of likely N-dealkylation sites (N-methyl/N-ethyl adjacent to an activating group) is 1. The van der Waals surface area contributed by atoms with Crippen molar-refractivity contribution in [1.29, 1.82) is 0 Å². The number of likely N-dealkylation sites (tertiary alicyclic amines) is 1. The number of piperazine rings is 1. The largest absolute Gasteiger partial charge is 0.508 e. The summed E-state index contributed by atoms with van der Waals surface area (Å²) in [5, 5.41) is 16.1. The standard InChI is InChI=1S/C30H29ClF3N5O2/c1-38-15-30(33,34)11-19(38)14-41-29-36-27-23(28(37-29)39-12-17-6-7-18(13-39)35-17)10-24(31)25(26(27)32)22-9-20(40)8-16-4-2-3-5-21(16)22/h2-5,8-10,17-19,35,40H,6-7,11-15H2,1H3. The molecule has 41 heavy (non-hydrogen) atoms. The number of phenolic OH excluding ortho intramolecular Hbond substituents is 1. The lowest BCUT2D eigenvalue weighted by Gasteiger charge is -2.34. The van der Waals surface area contributed by atoms with E-state index >= 15 is 4.39 Å². The van der Waals surface area contributed by atoms with E-state index in [0.717, 1.165) is 23.6 Å². The van der Waals surface area contributed by atoms with Gasteiger partial charge in [0.15, 0.2) is 5.82 Å². The van der Waals surface area contributed by atoms with E-state index in [1.807, 2.05) is 24.3 Å². The second kappa shape index (κ2) is 9.89. The van der Waals surface area contributed by atoms with Gasteiger partial charge in [-0.15, -0.1) is 0 Å². The molecule has 7 rings (SSSR count). The summed E-state index contributed by atoms with van der Waals surface area (Å²) in [5.74, 6) is -2.98. The Bertz CT molecular complexity index is 1660. The minimum atomic E-state index is -2.79. The van der Waals surface area contributed by atoms with Crippen LogP contribution in [0.25, 0.3) is 32.8 Å². The number of hydrogen-bond donors (Lipinski definition) is 2. The average Bonchev–Trinajstić information content (AvgIpc) is 3.41. The predicted molar refractivity (Wildman–Crippen MR) is 153 cm³/mol. The van der Waals surface area contributed by atoms with Crippen molar-refractivity contribution in [3.05, 3.63) is 53.3 Å². The number of hydrogen-bond acceptors (Lipinski definition) is 7. The molecular formula is C30H29ClF3N5O2. The third-order valence-corrected chi connectivity index (χ3v) is 8.82. The highest BCUT2D eigenvalue weighted by molar-refractivity contribution is 6.35. The molecule has 214 valence electrons. The van der Waals surface area contributed by atoms with E-state index in [1.165, 1.54) is 6.07 Å². The van der Waals surface area contributed by atoms with Gasteiger partial charge < -0.3 is 20.1 Å². The third-order valence-electron chi connectivity index (χ3n) is 8.52. The maximum Gasteiger partial charge on any atom is 0.319 e. The maximum absolute atomic E-state index is 16.6. The van der Waals surface area contributed by atoms with Crippen molar-refractivity contribution in [3.63, 3.8) is 0 Å². The Balaban J connectivity index is 1.36. The fourth-order valence-electron chi connectivity index (χ4n) is 6.60. The molecule has 0 saturated carbocycles. The Labute approximate surface area is 239 Å². The van der Waals surface area contributed by atoms with E-state index < -0.39 is 17.8 Å². The number of aromatic hydroxyl groups is 1. The fourth-order valence-corrected chi connectivity index (χ4v) is 6.89. The number of aromatic nitrogens is 2. The zero-order chi connectivity index (χ0) is 28.5. The van der Waals surface area contributed by atoms with Gasteiger partial charge in [-0.1, -0.05) is 35.9 Å². The average molecular weight is 584 g/mol. The number of ether oxygens (including phenoxy) is 1. The molecule has 2 bridgehead atoms. The summed E-state index contributed by atoms with van der Waals surface area (Å²) in [7, 11) is 1.63. The lowest BCUT2D eigenvalue weighted by Crippen LogP contribution is -2.51. The number of benzene rings is 3. The van der Waals surface area contributed by atoms with Crippen LogP contribution in [0.4, 0.5) is 19.0 Å². The highest BCUT2D eigenvalue weighted by atomic mass is 35.5. The molecule has 3 aliphatic rings. The Morgan fingerprint density at radius 3 is 2.59 bits per heavy atom. The van der Waals surface area contributed by atoms with Gasteiger partial charge in [0.05, 0.1) is 11.6 Å². The van der Waals surface area contributed by atoms with Crippen LogP contribution in [0.1, 0.15) is 19.3 Å². The molecule has 4 heterocycles. The van der Waals surface area contributed by atoms with Gasteiger partial charge in [-0.25, -0.2) is 13.2 Å². The Kier molecular flexibility index (Phi) is 6.40. The molecule has 4 aromatic rings. The van der Waals surface area contributed by atoms with Gasteiger partial charge in [0.2, 0.25) is 0 Å². The summed E-state index contributed by atoms with van der Waals surface area (Å²) in [6.07, 6.45) is 1.75. The number of rotatable bonds is 5. The van der Waals surface area contributed by atoms with E-state index in [1.54, 1.807) is 24.1 Å². The normalized spacial score (nSPS) is 24.0. The monoisotopic (exact) mass is 583 g/mol. The number of halogens is 4. The molecule has 0 amide bonds. The van der Waals surface area contributed by atoms with E-state index in [-0.39, 0.29) is 59.5 Å². The van der Waals surface area contributed by atoms with Crippen LogP contribution in [0, 0.1) is 5.82 Å². The Hall–Kier alpha value is -3.34. The van der Waals surface area contributed by atoms with Crippen molar-refractivity contribution in [3.8, 4) is 22.9 Å². The van der Waals surface area contributed by atoms with Gasteiger partial charge in [-0.05, 0) is 54.4 Å². The first kappa shape index (κ1) is 26.6. The van der Waals surface area contributed by atoms with Gasteiger partial charge in [0, 0.05) is 48.6 Å². The lowest BCUT2D eigenvalue weighted by molar-refractivity contribution is 0.0136. The van der Waals surface area contributed by atoms with Gasteiger partial charge in [-0.2, -0.15) is 9.97 Å². The van der Waals surface area contributed by atoms with Crippen molar-refractivity contribution in [2.75, 3.05) is 38.2 Å².